The number of allylic oxidation sites excluding steroid dienone is 1. The van der Waals surface area contributed by atoms with Crippen LogP contribution in [0.2, 0.25) is 0 Å². The maximum Gasteiger partial charge on any atom is 0.341 e. The number of halogens is 2. The number of hydrogen-bond donors (Lipinski definition) is 0. The molecule has 0 amide bonds. The fourth-order valence-corrected chi connectivity index (χ4v) is 0.959. The highest BCUT2D eigenvalue weighted by molar-refractivity contribution is 5.89. The Balaban J connectivity index is 2.78. The van der Waals surface area contributed by atoms with Crippen molar-refractivity contribution >= 4 is 5.97 Å². The van der Waals surface area contributed by atoms with Crippen LogP contribution in [0.25, 0.3) is 0 Å². The Hall–Kier alpha value is -1.71. The Kier molecular flexibility index (Phi) is 3.97. The third-order valence-electron chi connectivity index (χ3n) is 1.72. The topological polar surface area (TPSA) is 26.3 Å². The number of ether oxygens (including phenoxy) is 1. The summed E-state index contributed by atoms with van der Waals surface area (Å²) in [6.45, 7) is 1.81. The number of esters is 1. The zero-order valence-corrected chi connectivity index (χ0v) is 8.17. The zero-order valence-electron chi connectivity index (χ0n) is 8.17. The van der Waals surface area contributed by atoms with E-state index >= 15 is 0 Å². The lowest BCUT2D eigenvalue weighted by Gasteiger charge is -2.03. The third-order valence-corrected chi connectivity index (χ3v) is 1.72. The van der Waals surface area contributed by atoms with Crippen LogP contribution < -0.4 is 0 Å². The maximum absolute atomic E-state index is 13.1. The molecular weight excluding hydrogens is 202 g/mol. The van der Waals surface area contributed by atoms with E-state index in [4.69, 9.17) is 0 Å². The first-order chi connectivity index (χ1) is 7.16. The molecule has 1 rings (SSSR count). The lowest BCUT2D eigenvalue weighted by atomic mass is 10.2. The number of hydrogen-bond acceptors (Lipinski definition) is 2. The van der Waals surface area contributed by atoms with Crippen molar-refractivity contribution in [2.24, 2.45) is 0 Å². The van der Waals surface area contributed by atoms with Gasteiger partial charge in [0.05, 0.1) is 5.56 Å². The molecule has 0 bridgehead atoms. The molecule has 0 atom stereocenters. The first-order valence-corrected chi connectivity index (χ1v) is 4.39. The van der Waals surface area contributed by atoms with E-state index in [1.54, 1.807) is 19.1 Å². The molecule has 80 valence electrons. The second-order valence-corrected chi connectivity index (χ2v) is 2.77. The molecule has 0 aliphatic rings. The molecule has 0 heterocycles. The quantitative estimate of drug-likeness (QED) is 0.568. The molecule has 0 aliphatic heterocycles. The summed E-state index contributed by atoms with van der Waals surface area (Å²) in [4.78, 5) is 11.2. The van der Waals surface area contributed by atoms with Gasteiger partial charge in [-0.25, -0.2) is 13.6 Å². The summed E-state index contributed by atoms with van der Waals surface area (Å²) in [6.07, 6.45) is 3.28. The Morgan fingerprint density at radius 3 is 2.87 bits per heavy atom. The SMILES string of the molecule is CC=CCOC(=O)c1cccc(F)c1F. The van der Waals surface area contributed by atoms with E-state index in [1.807, 2.05) is 0 Å². The van der Waals surface area contributed by atoms with Crippen molar-refractivity contribution in [2.75, 3.05) is 6.61 Å². The standard InChI is InChI=1S/C11H10F2O2/c1-2-3-7-15-11(14)8-5-4-6-9(12)10(8)13/h2-6H,7H2,1H3. The molecule has 0 spiro atoms. The lowest BCUT2D eigenvalue weighted by Crippen LogP contribution is -2.08. The molecule has 0 radical (unpaired) electrons. The van der Waals surface area contributed by atoms with Crippen LogP contribution in [0.5, 0.6) is 0 Å². The molecule has 0 fully saturated rings. The Labute approximate surface area is 86.2 Å². The zero-order chi connectivity index (χ0) is 11.3. The van der Waals surface area contributed by atoms with Gasteiger partial charge in [-0.15, -0.1) is 0 Å². The van der Waals surface area contributed by atoms with Crippen molar-refractivity contribution in [3.63, 3.8) is 0 Å². The first-order valence-electron chi connectivity index (χ1n) is 4.39. The van der Waals surface area contributed by atoms with E-state index in [9.17, 15) is 13.6 Å². The van der Waals surface area contributed by atoms with Gasteiger partial charge in [-0.2, -0.15) is 0 Å². The minimum atomic E-state index is -1.18. The van der Waals surface area contributed by atoms with Crippen molar-refractivity contribution < 1.29 is 18.3 Å². The molecule has 0 unspecified atom stereocenters. The molecular formula is C11H10F2O2. The van der Waals surface area contributed by atoms with Gasteiger partial charge in [0.2, 0.25) is 0 Å². The smallest absolute Gasteiger partial charge is 0.341 e. The van der Waals surface area contributed by atoms with Crippen molar-refractivity contribution in [3.8, 4) is 0 Å². The third kappa shape index (κ3) is 2.87. The molecule has 15 heavy (non-hydrogen) atoms. The van der Waals surface area contributed by atoms with Crippen LogP contribution in [0.4, 0.5) is 8.78 Å². The van der Waals surface area contributed by atoms with Crippen LogP contribution in [0, 0.1) is 11.6 Å². The molecule has 0 N–H and O–H groups in total. The van der Waals surface area contributed by atoms with Crippen LogP contribution in [-0.4, -0.2) is 12.6 Å². The van der Waals surface area contributed by atoms with Crippen LogP contribution in [0.3, 0.4) is 0 Å². The number of carbonyl (C=O) groups is 1. The van der Waals surface area contributed by atoms with Gasteiger partial charge in [0, 0.05) is 0 Å². The van der Waals surface area contributed by atoms with Gasteiger partial charge in [0.25, 0.3) is 0 Å². The molecule has 2 nitrogen and oxygen atoms in total. The largest absolute Gasteiger partial charge is 0.458 e. The van der Waals surface area contributed by atoms with E-state index in [0.29, 0.717) is 0 Å². The number of rotatable bonds is 3. The molecule has 1 aromatic rings. The van der Waals surface area contributed by atoms with Crippen molar-refractivity contribution in [1.29, 1.82) is 0 Å². The highest BCUT2D eigenvalue weighted by atomic mass is 19.2. The van der Waals surface area contributed by atoms with Crippen LogP contribution in [0.15, 0.2) is 30.4 Å². The second kappa shape index (κ2) is 5.24. The van der Waals surface area contributed by atoms with E-state index in [2.05, 4.69) is 4.74 Å². The normalized spacial score (nSPS) is 10.6. The van der Waals surface area contributed by atoms with Gasteiger partial charge in [-0.3, -0.25) is 0 Å². The van der Waals surface area contributed by atoms with Gasteiger partial charge < -0.3 is 4.74 Å². The summed E-state index contributed by atoms with van der Waals surface area (Å²) in [5, 5.41) is 0. The molecule has 4 heteroatoms. The van der Waals surface area contributed by atoms with Crippen LogP contribution >= 0.6 is 0 Å². The fourth-order valence-electron chi connectivity index (χ4n) is 0.959. The molecule has 0 aliphatic carbocycles. The highest BCUT2D eigenvalue weighted by Gasteiger charge is 2.15. The summed E-state index contributed by atoms with van der Waals surface area (Å²) in [5.41, 5.74) is -0.389. The highest BCUT2D eigenvalue weighted by Crippen LogP contribution is 2.12. The average Bonchev–Trinajstić information content (AvgIpc) is 2.22. The average molecular weight is 212 g/mol. The van der Waals surface area contributed by atoms with Gasteiger partial charge in [-0.05, 0) is 19.1 Å². The van der Waals surface area contributed by atoms with Gasteiger partial charge in [0.1, 0.15) is 6.61 Å². The summed E-state index contributed by atoms with van der Waals surface area (Å²) >= 11 is 0. The molecule has 1 aromatic carbocycles. The minimum absolute atomic E-state index is 0.0469. The van der Waals surface area contributed by atoms with Gasteiger partial charge in [0.15, 0.2) is 11.6 Å². The summed E-state index contributed by atoms with van der Waals surface area (Å²) in [5.74, 6) is -3.11. The van der Waals surface area contributed by atoms with Gasteiger partial charge >= 0.3 is 5.97 Å². The number of carbonyl (C=O) groups excluding carboxylic acids is 1. The van der Waals surface area contributed by atoms with Crippen molar-refractivity contribution in [2.45, 2.75) is 6.92 Å². The lowest BCUT2D eigenvalue weighted by molar-refractivity contribution is 0.0543. The predicted molar refractivity (Wildman–Crippen MR) is 51.5 cm³/mol. The van der Waals surface area contributed by atoms with Crippen LogP contribution in [-0.2, 0) is 4.74 Å². The van der Waals surface area contributed by atoms with Crippen LogP contribution in [0.1, 0.15) is 17.3 Å². The predicted octanol–water partition coefficient (Wildman–Crippen LogP) is 2.70. The van der Waals surface area contributed by atoms with E-state index in [0.717, 1.165) is 6.07 Å². The van der Waals surface area contributed by atoms with E-state index < -0.39 is 17.6 Å². The van der Waals surface area contributed by atoms with E-state index in [-0.39, 0.29) is 12.2 Å². The molecule has 0 aromatic heterocycles. The molecule has 0 saturated heterocycles. The maximum atomic E-state index is 13.1. The van der Waals surface area contributed by atoms with Crippen molar-refractivity contribution in [1.82, 2.24) is 0 Å². The fraction of sp³-hybridized carbons (Fsp3) is 0.182. The molecule has 0 saturated carbocycles. The second-order valence-electron chi connectivity index (χ2n) is 2.77. The van der Waals surface area contributed by atoms with Gasteiger partial charge in [-0.1, -0.05) is 18.2 Å². The number of benzene rings is 1. The Morgan fingerprint density at radius 1 is 1.47 bits per heavy atom. The van der Waals surface area contributed by atoms with E-state index in [1.165, 1.54) is 12.1 Å². The summed E-state index contributed by atoms with van der Waals surface area (Å²) in [7, 11) is 0. The Morgan fingerprint density at radius 2 is 2.20 bits per heavy atom. The Bertz CT molecular complexity index is 386. The first kappa shape index (κ1) is 11.4. The summed E-state index contributed by atoms with van der Waals surface area (Å²) < 4.78 is 30.5. The summed E-state index contributed by atoms with van der Waals surface area (Å²) in [6, 6.07) is 3.37. The minimum Gasteiger partial charge on any atom is -0.458 e. The van der Waals surface area contributed by atoms with Crippen molar-refractivity contribution in [3.05, 3.63) is 47.5 Å². The monoisotopic (exact) mass is 212 g/mol.